The molecule has 0 fully saturated rings. The van der Waals surface area contributed by atoms with Gasteiger partial charge in [-0.15, -0.1) is 0 Å². The Hall–Kier alpha value is -0.900. The molecule has 1 unspecified atom stereocenters. The molecule has 1 rings (SSSR count). The minimum absolute atomic E-state index is 0.0129. The molecular weight excluding hydrogens is 145 g/mol. The molecule has 0 radical (unpaired) electrons. The molecule has 4 heteroatoms. The van der Waals surface area contributed by atoms with Crippen LogP contribution in [-0.2, 0) is 7.05 Å². The Balaban J connectivity index is 2.94. The standard InChI is InChI=1S/C7H12FN3/c1-5-10-4-7(11(5)2)6(8)3-9/h4,6H,3,9H2,1-2H3. The van der Waals surface area contributed by atoms with Crippen LogP contribution in [0.3, 0.4) is 0 Å². The summed E-state index contributed by atoms with van der Waals surface area (Å²) in [6.45, 7) is 1.84. The first-order valence-electron chi connectivity index (χ1n) is 3.49. The second-order valence-electron chi connectivity index (χ2n) is 2.49. The predicted molar refractivity (Wildman–Crippen MR) is 40.8 cm³/mol. The monoisotopic (exact) mass is 157 g/mol. The zero-order valence-electron chi connectivity index (χ0n) is 6.71. The first-order chi connectivity index (χ1) is 5.16. The second-order valence-corrected chi connectivity index (χ2v) is 2.49. The van der Waals surface area contributed by atoms with Crippen LogP contribution < -0.4 is 5.73 Å². The van der Waals surface area contributed by atoms with Crippen molar-refractivity contribution in [3.63, 3.8) is 0 Å². The summed E-state index contributed by atoms with van der Waals surface area (Å²) in [6.07, 6.45) is 0.425. The molecule has 62 valence electrons. The maximum Gasteiger partial charge on any atom is 0.154 e. The van der Waals surface area contributed by atoms with E-state index < -0.39 is 6.17 Å². The number of hydrogen-bond acceptors (Lipinski definition) is 2. The SMILES string of the molecule is Cc1ncc(C(F)CN)n1C. The van der Waals surface area contributed by atoms with Gasteiger partial charge in [-0.1, -0.05) is 0 Å². The number of nitrogens with two attached hydrogens (primary N) is 1. The molecule has 3 nitrogen and oxygen atoms in total. The van der Waals surface area contributed by atoms with E-state index in [9.17, 15) is 4.39 Å². The fraction of sp³-hybridized carbons (Fsp3) is 0.571. The summed E-state index contributed by atoms with van der Waals surface area (Å²) in [5.74, 6) is 0.802. The van der Waals surface area contributed by atoms with Crippen LogP contribution in [-0.4, -0.2) is 16.1 Å². The van der Waals surface area contributed by atoms with Crippen LogP contribution >= 0.6 is 0 Å². The first-order valence-corrected chi connectivity index (χ1v) is 3.49. The van der Waals surface area contributed by atoms with Crippen molar-refractivity contribution in [1.82, 2.24) is 9.55 Å². The largest absolute Gasteiger partial charge is 0.333 e. The number of nitrogens with zero attached hydrogens (tertiary/aromatic N) is 2. The van der Waals surface area contributed by atoms with Gasteiger partial charge in [0.25, 0.3) is 0 Å². The highest BCUT2D eigenvalue weighted by atomic mass is 19.1. The zero-order valence-corrected chi connectivity index (χ0v) is 6.71. The molecule has 1 atom stereocenters. The molecule has 11 heavy (non-hydrogen) atoms. The van der Waals surface area contributed by atoms with Crippen molar-refractivity contribution >= 4 is 0 Å². The molecule has 1 aromatic rings. The van der Waals surface area contributed by atoms with Crippen LogP contribution in [0.2, 0.25) is 0 Å². The van der Waals surface area contributed by atoms with Gasteiger partial charge in [-0.2, -0.15) is 0 Å². The Labute approximate surface area is 65.0 Å². The minimum Gasteiger partial charge on any atom is -0.333 e. The van der Waals surface area contributed by atoms with Crippen molar-refractivity contribution < 1.29 is 4.39 Å². The summed E-state index contributed by atoms with van der Waals surface area (Å²) < 4.78 is 14.7. The van der Waals surface area contributed by atoms with Gasteiger partial charge in [0.15, 0.2) is 6.17 Å². The molecule has 0 saturated carbocycles. The molecule has 0 bridgehead atoms. The lowest BCUT2D eigenvalue weighted by molar-refractivity contribution is 0.337. The summed E-state index contributed by atoms with van der Waals surface area (Å²) in [6, 6.07) is 0. The highest BCUT2D eigenvalue weighted by molar-refractivity contribution is 5.07. The van der Waals surface area contributed by atoms with Gasteiger partial charge in [-0.05, 0) is 6.92 Å². The van der Waals surface area contributed by atoms with E-state index in [4.69, 9.17) is 5.73 Å². The number of imidazole rings is 1. The molecule has 0 aliphatic carbocycles. The average Bonchev–Trinajstić information content (AvgIpc) is 2.32. The van der Waals surface area contributed by atoms with Crippen molar-refractivity contribution in [3.8, 4) is 0 Å². The quantitative estimate of drug-likeness (QED) is 0.686. The average molecular weight is 157 g/mol. The van der Waals surface area contributed by atoms with Crippen LogP contribution in [0.1, 0.15) is 17.7 Å². The van der Waals surface area contributed by atoms with Gasteiger partial charge in [-0.3, -0.25) is 0 Å². The van der Waals surface area contributed by atoms with Crippen molar-refractivity contribution in [3.05, 3.63) is 17.7 Å². The molecule has 0 amide bonds. The second kappa shape index (κ2) is 3.00. The van der Waals surface area contributed by atoms with Gasteiger partial charge in [0.2, 0.25) is 0 Å². The molecule has 0 spiro atoms. The molecule has 0 aliphatic rings. The van der Waals surface area contributed by atoms with Gasteiger partial charge in [0, 0.05) is 13.6 Å². The number of halogens is 1. The maximum atomic E-state index is 13.0. The van der Waals surface area contributed by atoms with Crippen molar-refractivity contribution in [1.29, 1.82) is 0 Å². The number of alkyl halides is 1. The van der Waals surface area contributed by atoms with E-state index in [-0.39, 0.29) is 6.54 Å². The molecule has 1 aromatic heterocycles. The summed E-state index contributed by atoms with van der Waals surface area (Å²) in [4.78, 5) is 3.95. The Bertz CT molecular complexity index is 244. The summed E-state index contributed by atoms with van der Waals surface area (Å²) >= 11 is 0. The third-order valence-corrected chi connectivity index (χ3v) is 1.78. The third-order valence-electron chi connectivity index (χ3n) is 1.78. The summed E-state index contributed by atoms with van der Waals surface area (Å²) in [5.41, 5.74) is 5.71. The Morgan fingerprint density at radius 1 is 1.82 bits per heavy atom. The normalized spacial score (nSPS) is 13.5. The van der Waals surface area contributed by atoms with Crippen LogP contribution in [0.4, 0.5) is 4.39 Å². The van der Waals surface area contributed by atoms with Gasteiger partial charge in [-0.25, -0.2) is 9.37 Å². The molecule has 0 aliphatic heterocycles. The fourth-order valence-corrected chi connectivity index (χ4v) is 0.931. The van der Waals surface area contributed by atoms with E-state index in [0.29, 0.717) is 5.69 Å². The van der Waals surface area contributed by atoms with E-state index in [1.807, 2.05) is 6.92 Å². The predicted octanol–water partition coefficient (Wildman–Crippen LogP) is 0.698. The van der Waals surface area contributed by atoms with Gasteiger partial charge < -0.3 is 10.3 Å². The van der Waals surface area contributed by atoms with Crippen LogP contribution in [0, 0.1) is 6.92 Å². The Morgan fingerprint density at radius 2 is 2.45 bits per heavy atom. The van der Waals surface area contributed by atoms with Crippen molar-refractivity contribution in [2.45, 2.75) is 13.1 Å². The minimum atomic E-state index is -1.10. The Morgan fingerprint density at radius 3 is 2.82 bits per heavy atom. The van der Waals surface area contributed by atoms with E-state index >= 15 is 0 Å². The van der Waals surface area contributed by atoms with E-state index in [2.05, 4.69) is 4.98 Å². The van der Waals surface area contributed by atoms with E-state index in [1.54, 1.807) is 11.6 Å². The topological polar surface area (TPSA) is 43.8 Å². The third kappa shape index (κ3) is 1.40. The van der Waals surface area contributed by atoms with E-state index in [1.165, 1.54) is 6.20 Å². The first kappa shape index (κ1) is 8.20. The smallest absolute Gasteiger partial charge is 0.154 e. The Kier molecular flexibility index (Phi) is 2.24. The molecule has 0 saturated heterocycles. The molecular formula is C7H12FN3. The fourth-order valence-electron chi connectivity index (χ4n) is 0.931. The van der Waals surface area contributed by atoms with Crippen LogP contribution in [0.25, 0.3) is 0 Å². The number of hydrogen-bond donors (Lipinski definition) is 1. The van der Waals surface area contributed by atoms with Crippen LogP contribution in [0.5, 0.6) is 0 Å². The highest BCUT2D eigenvalue weighted by Gasteiger charge is 2.12. The van der Waals surface area contributed by atoms with Gasteiger partial charge >= 0.3 is 0 Å². The van der Waals surface area contributed by atoms with Crippen molar-refractivity contribution in [2.24, 2.45) is 12.8 Å². The molecule has 2 N–H and O–H groups in total. The summed E-state index contributed by atoms with van der Waals surface area (Å²) in [7, 11) is 1.78. The summed E-state index contributed by atoms with van der Waals surface area (Å²) in [5, 5.41) is 0. The number of aromatic nitrogens is 2. The maximum absolute atomic E-state index is 13.0. The lowest BCUT2D eigenvalue weighted by Crippen LogP contribution is -2.11. The van der Waals surface area contributed by atoms with Crippen molar-refractivity contribution in [2.75, 3.05) is 6.54 Å². The van der Waals surface area contributed by atoms with Gasteiger partial charge in [0.05, 0.1) is 11.9 Å². The lowest BCUT2D eigenvalue weighted by atomic mass is 10.3. The molecule has 1 heterocycles. The lowest BCUT2D eigenvalue weighted by Gasteiger charge is -2.05. The zero-order chi connectivity index (χ0) is 8.43. The highest BCUT2D eigenvalue weighted by Crippen LogP contribution is 2.15. The number of rotatable bonds is 2. The van der Waals surface area contributed by atoms with Gasteiger partial charge in [0.1, 0.15) is 5.82 Å². The van der Waals surface area contributed by atoms with Crippen LogP contribution in [0.15, 0.2) is 6.20 Å². The number of aryl methyl sites for hydroxylation is 1. The van der Waals surface area contributed by atoms with E-state index in [0.717, 1.165) is 5.82 Å². The molecule has 0 aromatic carbocycles.